The zero-order chi connectivity index (χ0) is 8.27. The molecule has 1 aromatic rings. The summed E-state index contributed by atoms with van der Waals surface area (Å²) in [6.45, 7) is 2.10. The number of nitrogens with zero attached hydrogens (tertiary/aromatic N) is 1. The largest absolute Gasteiger partial charge is 0.399 e. The highest BCUT2D eigenvalue weighted by molar-refractivity contribution is 5.47. The van der Waals surface area contributed by atoms with Crippen molar-refractivity contribution in [3.05, 3.63) is 17.8 Å². The normalized spacial score (nSPS) is 9.91. The molecule has 0 saturated carbocycles. The second kappa shape index (κ2) is 3.23. The molecule has 11 heavy (non-hydrogen) atoms. The van der Waals surface area contributed by atoms with Crippen molar-refractivity contribution in [2.24, 2.45) is 0 Å². The van der Waals surface area contributed by atoms with Crippen LogP contribution in [0.2, 0.25) is 0 Å². The highest BCUT2D eigenvalue weighted by Gasteiger charge is 1.95. The maximum absolute atomic E-state index is 5.57. The average molecular weight is 151 g/mol. The molecule has 1 rings (SSSR count). The van der Waals surface area contributed by atoms with Gasteiger partial charge in [-0.05, 0) is 12.5 Å². The molecule has 4 N–H and O–H groups in total. The van der Waals surface area contributed by atoms with Gasteiger partial charge in [-0.25, -0.2) is 4.98 Å². The summed E-state index contributed by atoms with van der Waals surface area (Å²) in [5.74, 6) is 0.508. The van der Waals surface area contributed by atoms with E-state index in [0.29, 0.717) is 11.5 Å². The molecule has 0 spiro atoms. The van der Waals surface area contributed by atoms with Crippen molar-refractivity contribution < 1.29 is 0 Å². The topological polar surface area (TPSA) is 64.9 Å². The minimum atomic E-state index is 0.508. The summed E-state index contributed by atoms with van der Waals surface area (Å²) in [6, 6.07) is 3.53. The van der Waals surface area contributed by atoms with E-state index < -0.39 is 0 Å². The lowest BCUT2D eigenvalue weighted by molar-refractivity contribution is 0.886. The van der Waals surface area contributed by atoms with Crippen molar-refractivity contribution in [3.8, 4) is 0 Å². The highest BCUT2D eigenvalue weighted by atomic mass is 14.8. The van der Waals surface area contributed by atoms with Gasteiger partial charge < -0.3 is 11.5 Å². The number of aromatic nitrogens is 1. The Morgan fingerprint density at radius 3 is 2.64 bits per heavy atom. The molecule has 0 bridgehead atoms. The summed E-state index contributed by atoms with van der Waals surface area (Å²) in [6.07, 6.45) is 2.01. The van der Waals surface area contributed by atoms with Crippen LogP contribution >= 0.6 is 0 Å². The molecule has 0 aliphatic carbocycles. The number of rotatable bonds is 2. The lowest BCUT2D eigenvalue weighted by Crippen LogP contribution is -1.98. The second-order valence-corrected chi connectivity index (χ2v) is 2.57. The van der Waals surface area contributed by atoms with Gasteiger partial charge >= 0.3 is 0 Å². The standard InChI is InChI=1S/C8H13N3/c1-2-3-7-4-6(9)5-8(10)11-7/h4-5H,2-3H2,1H3,(H4,9,10,11). The zero-order valence-corrected chi connectivity index (χ0v) is 6.67. The van der Waals surface area contributed by atoms with Gasteiger partial charge in [0.05, 0.1) is 0 Å². The van der Waals surface area contributed by atoms with E-state index in [1.54, 1.807) is 6.07 Å². The highest BCUT2D eigenvalue weighted by Crippen LogP contribution is 2.10. The molecule has 1 aromatic heterocycles. The number of nitrogens with two attached hydrogens (primary N) is 2. The van der Waals surface area contributed by atoms with Crippen LogP contribution in [0.4, 0.5) is 11.5 Å². The maximum Gasteiger partial charge on any atom is 0.125 e. The summed E-state index contributed by atoms with van der Waals surface area (Å²) >= 11 is 0. The lowest BCUT2D eigenvalue weighted by atomic mass is 10.2. The molecule has 0 radical (unpaired) electrons. The Labute approximate surface area is 66.4 Å². The Balaban J connectivity index is 2.89. The molecule has 0 fully saturated rings. The summed E-state index contributed by atoms with van der Waals surface area (Å²) in [5, 5.41) is 0. The third-order valence-corrected chi connectivity index (χ3v) is 1.43. The minimum Gasteiger partial charge on any atom is -0.399 e. The fourth-order valence-electron chi connectivity index (χ4n) is 1.02. The fourth-order valence-corrected chi connectivity index (χ4v) is 1.02. The number of anilines is 2. The first-order valence-electron chi connectivity index (χ1n) is 3.74. The first-order valence-corrected chi connectivity index (χ1v) is 3.74. The number of aryl methyl sites for hydroxylation is 1. The Hall–Kier alpha value is -1.25. The molecule has 0 saturated heterocycles. The van der Waals surface area contributed by atoms with Gasteiger partial charge in [0.25, 0.3) is 0 Å². The van der Waals surface area contributed by atoms with Crippen LogP contribution in [0.1, 0.15) is 19.0 Å². The summed E-state index contributed by atoms with van der Waals surface area (Å²) in [7, 11) is 0. The second-order valence-electron chi connectivity index (χ2n) is 2.57. The smallest absolute Gasteiger partial charge is 0.125 e. The molecule has 0 amide bonds. The van der Waals surface area contributed by atoms with E-state index in [2.05, 4.69) is 11.9 Å². The molecule has 0 atom stereocenters. The zero-order valence-electron chi connectivity index (χ0n) is 6.67. The quantitative estimate of drug-likeness (QED) is 0.667. The molecule has 1 heterocycles. The molecule has 3 heteroatoms. The Morgan fingerprint density at radius 1 is 1.36 bits per heavy atom. The Morgan fingerprint density at radius 2 is 2.09 bits per heavy atom. The molecular weight excluding hydrogens is 138 g/mol. The third-order valence-electron chi connectivity index (χ3n) is 1.43. The van der Waals surface area contributed by atoms with Gasteiger partial charge in [0.2, 0.25) is 0 Å². The van der Waals surface area contributed by atoms with Gasteiger partial charge in [-0.1, -0.05) is 13.3 Å². The van der Waals surface area contributed by atoms with Gasteiger partial charge in [-0.15, -0.1) is 0 Å². The SMILES string of the molecule is CCCc1cc(N)cc(N)n1. The molecule has 0 aliphatic heterocycles. The van der Waals surface area contributed by atoms with Gasteiger partial charge in [0.1, 0.15) is 5.82 Å². The lowest BCUT2D eigenvalue weighted by Gasteiger charge is -2.00. The monoisotopic (exact) mass is 151 g/mol. The van der Waals surface area contributed by atoms with Crippen molar-refractivity contribution in [1.29, 1.82) is 0 Å². The van der Waals surface area contributed by atoms with Crippen LogP contribution in [0.5, 0.6) is 0 Å². The van der Waals surface area contributed by atoms with Crippen LogP contribution < -0.4 is 11.5 Å². The van der Waals surface area contributed by atoms with Crippen molar-refractivity contribution in [3.63, 3.8) is 0 Å². The molecule has 0 aliphatic rings. The van der Waals surface area contributed by atoms with Crippen LogP contribution in [0.25, 0.3) is 0 Å². The maximum atomic E-state index is 5.57. The number of hydrogen-bond acceptors (Lipinski definition) is 3. The fraction of sp³-hybridized carbons (Fsp3) is 0.375. The molecule has 60 valence electrons. The van der Waals surface area contributed by atoms with Crippen LogP contribution in [0, 0.1) is 0 Å². The van der Waals surface area contributed by atoms with Gasteiger partial charge in [0.15, 0.2) is 0 Å². The predicted molar refractivity (Wildman–Crippen MR) is 47.1 cm³/mol. The van der Waals surface area contributed by atoms with E-state index in [1.807, 2.05) is 6.07 Å². The Bertz CT molecular complexity index is 225. The van der Waals surface area contributed by atoms with E-state index in [9.17, 15) is 0 Å². The number of hydrogen-bond donors (Lipinski definition) is 2. The van der Waals surface area contributed by atoms with Crippen LogP contribution in [0.15, 0.2) is 12.1 Å². The van der Waals surface area contributed by atoms with Crippen molar-refractivity contribution >= 4 is 11.5 Å². The molecule has 3 nitrogen and oxygen atoms in total. The van der Waals surface area contributed by atoms with E-state index in [1.165, 1.54) is 0 Å². The van der Waals surface area contributed by atoms with Gasteiger partial charge in [-0.2, -0.15) is 0 Å². The first kappa shape index (κ1) is 7.85. The average Bonchev–Trinajstić information content (AvgIpc) is 1.85. The van der Waals surface area contributed by atoms with E-state index in [4.69, 9.17) is 11.5 Å². The molecular formula is C8H13N3. The van der Waals surface area contributed by atoms with Gasteiger partial charge in [-0.3, -0.25) is 0 Å². The van der Waals surface area contributed by atoms with Crippen LogP contribution in [-0.4, -0.2) is 4.98 Å². The summed E-state index contributed by atoms with van der Waals surface area (Å²) in [4.78, 5) is 4.12. The van der Waals surface area contributed by atoms with E-state index in [0.717, 1.165) is 18.5 Å². The summed E-state index contributed by atoms with van der Waals surface area (Å²) in [5.41, 5.74) is 12.7. The minimum absolute atomic E-state index is 0.508. The van der Waals surface area contributed by atoms with Crippen molar-refractivity contribution in [2.45, 2.75) is 19.8 Å². The van der Waals surface area contributed by atoms with Crippen molar-refractivity contribution in [2.75, 3.05) is 11.5 Å². The third kappa shape index (κ3) is 2.11. The molecule has 0 unspecified atom stereocenters. The predicted octanol–water partition coefficient (Wildman–Crippen LogP) is 1.20. The molecule has 0 aromatic carbocycles. The van der Waals surface area contributed by atoms with E-state index in [-0.39, 0.29) is 0 Å². The van der Waals surface area contributed by atoms with Gasteiger partial charge in [0, 0.05) is 17.4 Å². The van der Waals surface area contributed by atoms with Crippen LogP contribution in [0.3, 0.4) is 0 Å². The van der Waals surface area contributed by atoms with Crippen molar-refractivity contribution in [1.82, 2.24) is 4.98 Å². The Kier molecular flexibility index (Phi) is 2.31. The van der Waals surface area contributed by atoms with E-state index >= 15 is 0 Å². The van der Waals surface area contributed by atoms with Crippen LogP contribution in [-0.2, 0) is 6.42 Å². The number of pyridine rings is 1. The summed E-state index contributed by atoms with van der Waals surface area (Å²) < 4.78 is 0. The number of nitrogen functional groups attached to an aromatic ring is 2. The first-order chi connectivity index (χ1) is 5.22.